The van der Waals surface area contributed by atoms with Crippen molar-refractivity contribution in [3.05, 3.63) is 42.4 Å². The minimum absolute atomic E-state index is 0.0924. The zero-order valence-electron chi connectivity index (χ0n) is 8.77. The third-order valence-electron chi connectivity index (χ3n) is 2.24. The highest BCUT2D eigenvalue weighted by atomic mass is 16.3. The Balaban J connectivity index is 2.53. The van der Waals surface area contributed by atoms with Gasteiger partial charge in [0.05, 0.1) is 5.56 Å². The van der Waals surface area contributed by atoms with Crippen LogP contribution in [-0.4, -0.2) is 27.4 Å². The number of hydrogen-bond donors (Lipinski definition) is 2. The zero-order valence-corrected chi connectivity index (χ0v) is 8.77. The summed E-state index contributed by atoms with van der Waals surface area (Å²) in [6.45, 7) is 3.39. The number of hydrogen-bond acceptors (Lipinski definition) is 3. The normalized spacial score (nSPS) is 10.3. The van der Waals surface area contributed by atoms with Crippen molar-refractivity contribution >= 4 is 17.3 Å². The number of aromatic nitrogens is 2. The SMILES string of the molecule is C=C(O)c1cn2cc(C(=O)NC)ccc2n1. The van der Waals surface area contributed by atoms with Gasteiger partial charge in [-0.1, -0.05) is 6.58 Å². The van der Waals surface area contributed by atoms with Crippen LogP contribution in [0.4, 0.5) is 0 Å². The van der Waals surface area contributed by atoms with Crippen molar-refractivity contribution in [2.75, 3.05) is 7.05 Å². The predicted molar refractivity (Wildman–Crippen MR) is 60.2 cm³/mol. The van der Waals surface area contributed by atoms with E-state index in [1.54, 1.807) is 36.0 Å². The maximum absolute atomic E-state index is 11.4. The number of carbonyl (C=O) groups excluding carboxylic acids is 1. The molecule has 0 aliphatic carbocycles. The summed E-state index contributed by atoms with van der Waals surface area (Å²) in [5.74, 6) is -0.259. The monoisotopic (exact) mass is 217 g/mol. The number of nitrogens with one attached hydrogen (secondary N) is 1. The average Bonchev–Trinajstić information content (AvgIpc) is 2.70. The van der Waals surface area contributed by atoms with E-state index in [-0.39, 0.29) is 11.7 Å². The number of imidazole rings is 1. The highest BCUT2D eigenvalue weighted by Gasteiger charge is 2.07. The molecule has 0 aliphatic heterocycles. The van der Waals surface area contributed by atoms with E-state index in [2.05, 4.69) is 16.9 Å². The molecule has 82 valence electrons. The van der Waals surface area contributed by atoms with Crippen LogP contribution in [0.3, 0.4) is 0 Å². The molecule has 2 rings (SSSR count). The summed E-state index contributed by atoms with van der Waals surface area (Å²) in [4.78, 5) is 15.5. The first-order chi connectivity index (χ1) is 7.61. The Morgan fingerprint density at radius 2 is 2.25 bits per heavy atom. The Bertz CT molecular complexity index is 572. The smallest absolute Gasteiger partial charge is 0.252 e. The standard InChI is InChI=1S/C11H11N3O2/c1-7(15)9-6-14-5-8(11(16)12-2)3-4-10(14)13-9/h3-6,15H,1H2,2H3,(H,12,16). The average molecular weight is 217 g/mol. The lowest BCUT2D eigenvalue weighted by molar-refractivity contribution is 0.0962. The molecule has 2 N–H and O–H groups in total. The fourth-order valence-corrected chi connectivity index (χ4v) is 1.41. The van der Waals surface area contributed by atoms with Gasteiger partial charge in [-0.15, -0.1) is 0 Å². The van der Waals surface area contributed by atoms with E-state index < -0.39 is 0 Å². The lowest BCUT2D eigenvalue weighted by Gasteiger charge is -1.99. The second-order valence-electron chi connectivity index (χ2n) is 3.34. The second kappa shape index (κ2) is 3.69. The van der Waals surface area contributed by atoms with Crippen LogP contribution in [-0.2, 0) is 0 Å². The molecule has 0 atom stereocenters. The maximum Gasteiger partial charge on any atom is 0.252 e. The minimum Gasteiger partial charge on any atom is -0.506 e. The van der Waals surface area contributed by atoms with Gasteiger partial charge in [0.15, 0.2) is 0 Å². The van der Waals surface area contributed by atoms with Crippen molar-refractivity contribution in [2.24, 2.45) is 0 Å². The van der Waals surface area contributed by atoms with Crippen LogP contribution in [0.25, 0.3) is 11.4 Å². The van der Waals surface area contributed by atoms with Gasteiger partial charge in [0.25, 0.3) is 5.91 Å². The molecule has 1 amide bonds. The third-order valence-corrected chi connectivity index (χ3v) is 2.24. The largest absolute Gasteiger partial charge is 0.506 e. The van der Waals surface area contributed by atoms with Crippen LogP contribution in [0.1, 0.15) is 16.1 Å². The van der Waals surface area contributed by atoms with Gasteiger partial charge in [-0.05, 0) is 12.1 Å². The molecule has 0 saturated heterocycles. The molecule has 0 unspecified atom stereocenters. The molecule has 16 heavy (non-hydrogen) atoms. The molecule has 0 fully saturated rings. The number of pyridine rings is 1. The fourth-order valence-electron chi connectivity index (χ4n) is 1.41. The Labute approximate surface area is 92.0 Å². The Morgan fingerprint density at radius 3 is 2.88 bits per heavy atom. The number of aliphatic hydroxyl groups excluding tert-OH is 1. The summed E-state index contributed by atoms with van der Waals surface area (Å²) in [5.41, 5.74) is 1.58. The van der Waals surface area contributed by atoms with E-state index in [1.807, 2.05) is 0 Å². The van der Waals surface area contributed by atoms with E-state index in [1.165, 1.54) is 0 Å². The second-order valence-corrected chi connectivity index (χ2v) is 3.34. The van der Waals surface area contributed by atoms with Crippen LogP contribution in [0.5, 0.6) is 0 Å². The van der Waals surface area contributed by atoms with E-state index in [0.717, 1.165) is 0 Å². The van der Waals surface area contributed by atoms with Crippen molar-refractivity contribution in [1.82, 2.24) is 14.7 Å². The third kappa shape index (κ3) is 1.63. The molecule has 0 radical (unpaired) electrons. The summed E-state index contributed by atoms with van der Waals surface area (Å²) in [5, 5.41) is 11.7. The van der Waals surface area contributed by atoms with Gasteiger partial charge in [0.1, 0.15) is 17.1 Å². The topological polar surface area (TPSA) is 66.6 Å². The lowest BCUT2D eigenvalue weighted by atomic mass is 10.2. The number of carbonyl (C=O) groups is 1. The van der Waals surface area contributed by atoms with Gasteiger partial charge in [-0.3, -0.25) is 4.79 Å². The van der Waals surface area contributed by atoms with Gasteiger partial charge in [-0.25, -0.2) is 4.98 Å². The zero-order chi connectivity index (χ0) is 11.7. The number of nitrogens with zero attached hydrogens (tertiary/aromatic N) is 2. The summed E-state index contributed by atoms with van der Waals surface area (Å²) in [6.07, 6.45) is 3.26. The first kappa shape index (κ1) is 10.2. The number of amides is 1. The molecule has 2 heterocycles. The first-order valence-corrected chi connectivity index (χ1v) is 4.71. The van der Waals surface area contributed by atoms with E-state index in [0.29, 0.717) is 16.9 Å². The van der Waals surface area contributed by atoms with Crippen molar-refractivity contribution < 1.29 is 9.90 Å². The Kier molecular flexibility index (Phi) is 2.36. The van der Waals surface area contributed by atoms with Gasteiger partial charge in [0, 0.05) is 19.4 Å². The molecule has 0 aromatic carbocycles. The van der Waals surface area contributed by atoms with Crippen LogP contribution < -0.4 is 5.32 Å². The molecular formula is C11H11N3O2. The van der Waals surface area contributed by atoms with E-state index in [9.17, 15) is 9.90 Å². The van der Waals surface area contributed by atoms with Crippen LogP contribution in [0, 0.1) is 0 Å². The Morgan fingerprint density at radius 1 is 1.50 bits per heavy atom. The molecule has 5 heteroatoms. The predicted octanol–water partition coefficient (Wildman–Crippen LogP) is 1.22. The number of aliphatic hydroxyl groups is 1. The fraction of sp³-hybridized carbons (Fsp3) is 0.0909. The summed E-state index contributed by atoms with van der Waals surface area (Å²) < 4.78 is 1.67. The Hall–Kier alpha value is -2.30. The molecule has 5 nitrogen and oxygen atoms in total. The number of rotatable bonds is 2. The first-order valence-electron chi connectivity index (χ1n) is 4.71. The molecule has 0 saturated carbocycles. The van der Waals surface area contributed by atoms with Gasteiger partial charge in [-0.2, -0.15) is 0 Å². The lowest BCUT2D eigenvalue weighted by Crippen LogP contribution is -2.18. The molecule has 2 aromatic rings. The van der Waals surface area contributed by atoms with Crippen molar-refractivity contribution in [1.29, 1.82) is 0 Å². The van der Waals surface area contributed by atoms with Crippen LogP contribution in [0.2, 0.25) is 0 Å². The summed E-state index contributed by atoms with van der Waals surface area (Å²) in [6, 6.07) is 3.38. The highest BCUT2D eigenvalue weighted by Crippen LogP contribution is 2.11. The minimum atomic E-state index is -0.167. The maximum atomic E-state index is 11.4. The van der Waals surface area contributed by atoms with E-state index in [4.69, 9.17) is 0 Å². The van der Waals surface area contributed by atoms with Crippen molar-refractivity contribution in [3.63, 3.8) is 0 Å². The highest BCUT2D eigenvalue weighted by molar-refractivity contribution is 5.93. The molecular weight excluding hydrogens is 206 g/mol. The van der Waals surface area contributed by atoms with Gasteiger partial charge in [0.2, 0.25) is 0 Å². The van der Waals surface area contributed by atoms with E-state index >= 15 is 0 Å². The molecule has 0 spiro atoms. The molecule has 0 aliphatic rings. The quantitative estimate of drug-likeness (QED) is 0.743. The van der Waals surface area contributed by atoms with Gasteiger partial charge < -0.3 is 14.8 Å². The molecule has 2 aromatic heterocycles. The van der Waals surface area contributed by atoms with Crippen LogP contribution >= 0.6 is 0 Å². The van der Waals surface area contributed by atoms with Crippen LogP contribution in [0.15, 0.2) is 31.1 Å². The number of fused-ring (bicyclic) bond motifs is 1. The summed E-state index contributed by atoms with van der Waals surface area (Å²) in [7, 11) is 1.57. The van der Waals surface area contributed by atoms with Crippen molar-refractivity contribution in [3.8, 4) is 0 Å². The molecule has 0 bridgehead atoms. The van der Waals surface area contributed by atoms with Gasteiger partial charge >= 0.3 is 0 Å². The summed E-state index contributed by atoms with van der Waals surface area (Å²) >= 11 is 0. The van der Waals surface area contributed by atoms with Crippen molar-refractivity contribution in [2.45, 2.75) is 0 Å².